The first-order chi connectivity index (χ1) is 34.2. The Balaban J connectivity index is 3.37. The average molecular weight is 1040 g/mol. The third kappa shape index (κ3) is 22.3. The van der Waals surface area contributed by atoms with Crippen molar-refractivity contribution >= 4 is 71.1 Å². The molecule has 0 aromatic heterocycles. The SMILES string of the molecule is CC[C@H](C)[C@H](NC(=O)[C@H](CCC(=O)O)NC(=O)[C@H](CO)NC(=O)[C@@H](NC(=O)[C@H](CCCCN)NC(=O)[C@@H]1CCCN1C(=O)[C@H](CC(=O)O)NC(=O)[C@H](CCCN=C(N)N)NC(=O)[C@@H](N)C(C)C)[C@@H](C)O)C(=O)O. The number of carbonyl (C=O) groups excluding carboxylic acids is 8. The largest absolute Gasteiger partial charge is 0.481 e. The van der Waals surface area contributed by atoms with Crippen molar-refractivity contribution in [2.45, 2.75) is 166 Å². The molecule has 0 bridgehead atoms. The van der Waals surface area contributed by atoms with Gasteiger partial charge in [-0.25, -0.2) is 4.79 Å². The summed E-state index contributed by atoms with van der Waals surface area (Å²) >= 11 is 0. The molecule has 29 heteroatoms. The van der Waals surface area contributed by atoms with E-state index in [4.69, 9.17) is 22.9 Å². The Morgan fingerprint density at radius 1 is 0.658 bits per heavy atom. The molecule has 1 aliphatic rings. The monoisotopic (exact) mass is 1040 g/mol. The van der Waals surface area contributed by atoms with Crippen LogP contribution in [0, 0.1) is 11.8 Å². The smallest absolute Gasteiger partial charge is 0.326 e. The summed E-state index contributed by atoms with van der Waals surface area (Å²) in [6.45, 7) is 6.70. The molecule has 0 saturated carbocycles. The van der Waals surface area contributed by atoms with Gasteiger partial charge in [0.1, 0.15) is 48.3 Å². The Bertz CT molecular complexity index is 1950. The van der Waals surface area contributed by atoms with Crippen molar-refractivity contribution in [3.05, 3.63) is 0 Å². The predicted molar refractivity (Wildman–Crippen MR) is 259 cm³/mol. The van der Waals surface area contributed by atoms with Crippen LogP contribution in [-0.2, 0) is 52.7 Å². The second-order valence-corrected chi connectivity index (χ2v) is 18.1. The predicted octanol–water partition coefficient (Wildman–Crippen LogP) is -5.62. The summed E-state index contributed by atoms with van der Waals surface area (Å²) in [6.07, 6.45) is -2.63. The van der Waals surface area contributed by atoms with Crippen LogP contribution in [0.1, 0.15) is 105 Å². The van der Waals surface area contributed by atoms with E-state index >= 15 is 0 Å². The molecule has 73 heavy (non-hydrogen) atoms. The minimum absolute atomic E-state index is 0.0269. The molecule has 0 spiro atoms. The highest BCUT2D eigenvalue weighted by atomic mass is 16.4. The number of guanidine groups is 1. The molecule has 1 saturated heterocycles. The summed E-state index contributed by atoms with van der Waals surface area (Å²) in [7, 11) is 0. The molecule has 0 aromatic carbocycles. The van der Waals surface area contributed by atoms with E-state index in [2.05, 4.69) is 42.2 Å². The normalized spacial score (nSPS) is 17.3. The molecule has 29 nitrogen and oxygen atoms in total. The fraction of sp³-hybridized carbons (Fsp3) is 0.727. The van der Waals surface area contributed by atoms with Crippen LogP contribution in [0.15, 0.2) is 4.99 Å². The van der Waals surface area contributed by atoms with Gasteiger partial charge in [0.15, 0.2) is 5.96 Å². The van der Waals surface area contributed by atoms with Gasteiger partial charge in [-0.2, -0.15) is 0 Å². The van der Waals surface area contributed by atoms with Crippen LogP contribution in [0.25, 0.3) is 0 Å². The lowest BCUT2D eigenvalue weighted by atomic mass is 9.98. The van der Waals surface area contributed by atoms with E-state index in [0.29, 0.717) is 12.8 Å². The van der Waals surface area contributed by atoms with E-state index in [9.17, 15) is 78.3 Å². The van der Waals surface area contributed by atoms with Crippen LogP contribution < -0.4 is 60.2 Å². The van der Waals surface area contributed by atoms with Crippen LogP contribution in [0.3, 0.4) is 0 Å². The highest BCUT2D eigenvalue weighted by molar-refractivity contribution is 5.99. The van der Waals surface area contributed by atoms with Gasteiger partial charge in [0, 0.05) is 19.5 Å². The third-order valence-corrected chi connectivity index (χ3v) is 11.9. The zero-order valence-electron chi connectivity index (χ0n) is 42.0. The van der Waals surface area contributed by atoms with Crippen molar-refractivity contribution in [1.82, 2.24) is 42.1 Å². The van der Waals surface area contributed by atoms with E-state index in [1.165, 1.54) is 0 Å². The van der Waals surface area contributed by atoms with Crippen LogP contribution in [0.2, 0.25) is 0 Å². The lowest BCUT2D eigenvalue weighted by Gasteiger charge is -2.31. The number of nitrogens with one attached hydrogen (secondary N) is 7. The molecule has 8 amide bonds. The molecule has 1 rings (SSSR count). The first-order valence-corrected chi connectivity index (χ1v) is 24.1. The molecule has 1 fully saturated rings. The Hall–Kier alpha value is -6.72. The number of unbranched alkanes of at least 4 members (excludes halogenated alkanes) is 1. The number of carboxylic acids is 3. The van der Waals surface area contributed by atoms with Crippen molar-refractivity contribution in [2.75, 3.05) is 26.2 Å². The number of hydrogen-bond donors (Lipinski definition) is 16. The lowest BCUT2D eigenvalue weighted by molar-refractivity contribution is -0.146. The number of aliphatic carboxylic acids is 3. The number of likely N-dealkylation sites (tertiary alicyclic amines) is 1. The van der Waals surface area contributed by atoms with Gasteiger partial charge in [-0.3, -0.25) is 52.9 Å². The average Bonchev–Trinajstić information content (AvgIpc) is 3.82. The molecule has 1 aliphatic heterocycles. The first-order valence-electron chi connectivity index (χ1n) is 24.1. The highest BCUT2D eigenvalue weighted by Gasteiger charge is 2.41. The van der Waals surface area contributed by atoms with Crippen molar-refractivity contribution in [3.8, 4) is 0 Å². The fourth-order valence-electron chi connectivity index (χ4n) is 7.38. The molecule has 1 heterocycles. The van der Waals surface area contributed by atoms with E-state index in [1.54, 1.807) is 27.7 Å². The van der Waals surface area contributed by atoms with E-state index in [1.807, 2.05) is 0 Å². The van der Waals surface area contributed by atoms with Crippen LogP contribution in [0.5, 0.6) is 0 Å². The van der Waals surface area contributed by atoms with Crippen molar-refractivity contribution in [2.24, 2.45) is 39.8 Å². The van der Waals surface area contributed by atoms with Gasteiger partial charge < -0.3 is 90.6 Å². The van der Waals surface area contributed by atoms with Gasteiger partial charge in [-0.1, -0.05) is 34.1 Å². The van der Waals surface area contributed by atoms with E-state index < -0.39 is 157 Å². The molecule has 0 radical (unpaired) electrons. The minimum atomic E-state index is -1.87. The number of nitrogens with zero attached hydrogens (tertiary/aromatic N) is 2. The molecule has 414 valence electrons. The number of carbonyl (C=O) groups is 11. The zero-order valence-corrected chi connectivity index (χ0v) is 42.0. The molecular weight excluding hydrogens is 967 g/mol. The maximum absolute atomic E-state index is 14.1. The first kappa shape index (κ1) is 64.3. The Labute approximate surface area is 422 Å². The van der Waals surface area contributed by atoms with Gasteiger partial charge in [0.25, 0.3) is 0 Å². The number of rotatable bonds is 34. The van der Waals surface area contributed by atoms with Gasteiger partial charge in [0.2, 0.25) is 47.3 Å². The minimum Gasteiger partial charge on any atom is -0.481 e. The number of carboxylic acid groups (broad SMARTS) is 3. The quantitative estimate of drug-likeness (QED) is 0.0162. The topological polar surface area (TPSA) is 493 Å². The van der Waals surface area contributed by atoms with Crippen LogP contribution in [0.4, 0.5) is 0 Å². The summed E-state index contributed by atoms with van der Waals surface area (Å²) in [6, 6.07) is -13.7. The highest BCUT2D eigenvalue weighted by Crippen LogP contribution is 2.21. The lowest BCUT2D eigenvalue weighted by Crippen LogP contribution is -2.62. The summed E-state index contributed by atoms with van der Waals surface area (Å²) in [4.78, 5) is 149. The molecule has 0 unspecified atom stereocenters. The number of aliphatic hydroxyl groups excluding tert-OH is 2. The third-order valence-electron chi connectivity index (χ3n) is 11.9. The Morgan fingerprint density at radius 2 is 1.18 bits per heavy atom. The van der Waals surface area contributed by atoms with Crippen molar-refractivity contribution in [1.29, 1.82) is 0 Å². The Morgan fingerprint density at radius 3 is 1.70 bits per heavy atom. The molecule has 20 N–H and O–H groups in total. The maximum atomic E-state index is 14.1. The molecule has 11 atom stereocenters. The zero-order chi connectivity index (χ0) is 55.7. The second-order valence-electron chi connectivity index (χ2n) is 18.1. The molecular formula is C44H77N13O16. The van der Waals surface area contributed by atoms with Gasteiger partial charge >= 0.3 is 17.9 Å². The van der Waals surface area contributed by atoms with Crippen LogP contribution >= 0.6 is 0 Å². The summed E-state index contributed by atoms with van der Waals surface area (Å²) in [5.41, 5.74) is 22.4. The summed E-state index contributed by atoms with van der Waals surface area (Å²) in [5.74, 6) is -13.4. The van der Waals surface area contributed by atoms with Gasteiger partial charge in [0.05, 0.1) is 25.2 Å². The van der Waals surface area contributed by atoms with Gasteiger partial charge in [-0.15, -0.1) is 0 Å². The fourth-order valence-corrected chi connectivity index (χ4v) is 7.38. The number of nitrogens with two attached hydrogens (primary N) is 4. The van der Waals surface area contributed by atoms with Crippen molar-refractivity contribution < 1.29 is 78.3 Å². The number of amides is 8. The number of aliphatic hydroxyl groups is 2. The number of hydrogen-bond acceptors (Lipinski definition) is 16. The van der Waals surface area contributed by atoms with Gasteiger partial charge in [-0.05, 0) is 76.7 Å². The number of aliphatic imine (C=N–C) groups is 1. The summed E-state index contributed by atoms with van der Waals surface area (Å²) in [5, 5.41) is 65.8. The standard InChI is InChI=1S/C44H77N13O16/c1-6-22(4)33(43(72)73)55-37(66)26(14-15-30(60)61)50-38(67)28(20-58)54-41(70)34(23(5)59)56-36(65)24(11-7-8-16-45)51-39(68)29-13-10-18-57(29)42(71)27(19-31(62)63)53-35(64)25(12-9-17-49-44(47)48)52-40(69)32(46)21(2)3/h21-29,32-34,58-59H,6-20,45-46H2,1-5H3,(H,50,67)(H,51,68)(H,52,69)(H,53,64)(H,54,70)(H,55,66)(H,56,65)(H,60,61)(H,62,63)(H,72,73)(H4,47,48,49)/t22-,23+,24-,25-,26-,27-,28-,29-,32-,33-,34-/m0/s1. The summed E-state index contributed by atoms with van der Waals surface area (Å²) < 4.78 is 0. The maximum Gasteiger partial charge on any atom is 0.326 e. The van der Waals surface area contributed by atoms with E-state index in [0.717, 1.165) is 11.8 Å². The Kier molecular flexibility index (Phi) is 28.5. The second kappa shape index (κ2) is 32.4. The van der Waals surface area contributed by atoms with E-state index in [-0.39, 0.29) is 70.0 Å². The molecule has 0 aliphatic carbocycles. The van der Waals surface area contributed by atoms with Crippen LogP contribution in [-0.4, -0.2) is 188 Å². The van der Waals surface area contributed by atoms with Crippen molar-refractivity contribution in [3.63, 3.8) is 0 Å². The molecule has 0 aromatic rings.